The van der Waals surface area contributed by atoms with E-state index in [0.29, 0.717) is 0 Å². The van der Waals surface area contributed by atoms with E-state index in [9.17, 15) is 14.7 Å². The lowest BCUT2D eigenvalue weighted by molar-refractivity contribution is -0.142. The number of carbonyl (C=O) groups is 2. The first kappa shape index (κ1) is 13.8. The smallest absolute Gasteiger partial charge is 0.411 e. The van der Waals surface area contributed by atoms with Gasteiger partial charge in [-0.15, -0.1) is 0 Å². The molecule has 1 unspecified atom stereocenters. The predicted molar refractivity (Wildman–Crippen MR) is 59.6 cm³/mol. The summed E-state index contributed by atoms with van der Waals surface area (Å²) in [4.78, 5) is 23.9. The molecule has 1 aliphatic rings. The fourth-order valence-corrected chi connectivity index (χ4v) is 1.80. The van der Waals surface area contributed by atoms with Crippen LogP contribution in [-0.2, 0) is 9.53 Å². The van der Waals surface area contributed by atoms with Crippen LogP contribution in [0.2, 0.25) is 0 Å². The molecule has 6 heteroatoms. The molecule has 0 aromatic heterocycles. The molecule has 1 amide bonds. The number of hydrogen-bond donors (Lipinski definition) is 2. The molecule has 2 N–H and O–H groups in total. The van der Waals surface area contributed by atoms with Gasteiger partial charge in [-0.2, -0.15) is 0 Å². The highest BCUT2D eigenvalue weighted by Crippen LogP contribution is 2.28. The number of nitrogens with zero attached hydrogens (tertiary/aromatic N) is 1. The van der Waals surface area contributed by atoms with Crippen molar-refractivity contribution in [1.29, 1.82) is 0 Å². The zero-order valence-corrected chi connectivity index (χ0v) is 10.6. The van der Waals surface area contributed by atoms with Crippen molar-refractivity contribution in [1.82, 2.24) is 4.90 Å². The maximum Gasteiger partial charge on any atom is 0.411 e. The lowest BCUT2D eigenvalue weighted by Crippen LogP contribution is -2.43. The van der Waals surface area contributed by atoms with Gasteiger partial charge in [-0.25, -0.2) is 9.59 Å². The van der Waals surface area contributed by atoms with Crippen molar-refractivity contribution in [2.75, 3.05) is 6.54 Å². The molecule has 0 bridgehead atoms. The first-order valence-electron chi connectivity index (χ1n) is 5.47. The Morgan fingerprint density at radius 1 is 1.41 bits per heavy atom. The molecule has 1 rings (SSSR count). The molecule has 1 saturated heterocycles. The van der Waals surface area contributed by atoms with Gasteiger partial charge in [-0.3, -0.25) is 4.90 Å². The van der Waals surface area contributed by atoms with Crippen LogP contribution in [0.3, 0.4) is 0 Å². The summed E-state index contributed by atoms with van der Waals surface area (Å²) in [6, 6.07) is -1.03. The lowest BCUT2D eigenvalue weighted by Gasteiger charge is -2.26. The third kappa shape index (κ3) is 3.59. The quantitative estimate of drug-likeness (QED) is 0.714. The number of amides is 1. The van der Waals surface area contributed by atoms with Gasteiger partial charge in [0.1, 0.15) is 11.6 Å². The number of carbonyl (C=O) groups excluding carboxylic acids is 1. The van der Waals surface area contributed by atoms with Crippen LogP contribution in [0.4, 0.5) is 4.79 Å². The number of aliphatic carboxylic acids is 1. The van der Waals surface area contributed by atoms with E-state index in [-0.39, 0.29) is 13.0 Å². The minimum Gasteiger partial charge on any atom is -0.480 e. The van der Waals surface area contributed by atoms with Crippen molar-refractivity contribution >= 4 is 12.1 Å². The summed E-state index contributed by atoms with van der Waals surface area (Å²) in [5, 5.41) is 18.8. The van der Waals surface area contributed by atoms with E-state index in [2.05, 4.69) is 0 Å². The predicted octanol–water partition coefficient (Wildman–Crippen LogP) is 0.831. The van der Waals surface area contributed by atoms with Gasteiger partial charge in [0.15, 0.2) is 0 Å². The van der Waals surface area contributed by atoms with Crippen LogP contribution in [0, 0.1) is 0 Å². The number of β-amino-alcohol motifs (C(OH)–C–C–N with tert-alkyl or cyclic N) is 1. The van der Waals surface area contributed by atoms with Crippen LogP contribution < -0.4 is 0 Å². The second-order valence-electron chi connectivity index (χ2n) is 5.66. The number of aliphatic hydroxyl groups is 1. The summed E-state index contributed by atoms with van der Waals surface area (Å²) in [6.45, 7) is 6.59. The van der Waals surface area contributed by atoms with Crippen LogP contribution in [-0.4, -0.2) is 51.0 Å². The van der Waals surface area contributed by atoms with Gasteiger partial charge in [0, 0.05) is 6.42 Å². The van der Waals surface area contributed by atoms with E-state index in [4.69, 9.17) is 9.84 Å². The molecule has 1 aliphatic heterocycles. The molecular weight excluding hydrogens is 226 g/mol. The minimum atomic E-state index is -1.18. The number of likely N-dealkylation sites (tertiary alicyclic amines) is 1. The van der Waals surface area contributed by atoms with Gasteiger partial charge < -0.3 is 14.9 Å². The topological polar surface area (TPSA) is 87.1 Å². The highest BCUT2D eigenvalue weighted by atomic mass is 16.6. The molecule has 0 spiro atoms. The van der Waals surface area contributed by atoms with Crippen molar-refractivity contribution in [2.45, 2.75) is 51.4 Å². The Bertz CT molecular complexity index is 331. The summed E-state index contributed by atoms with van der Waals surface area (Å²) in [5.74, 6) is -1.13. The zero-order chi connectivity index (χ0) is 13.4. The fraction of sp³-hybridized carbons (Fsp3) is 0.818. The third-order valence-corrected chi connectivity index (χ3v) is 2.43. The molecule has 1 heterocycles. The zero-order valence-electron chi connectivity index (χ0n) is 10.6. The molecular formula is C11H19NO5. The van der Waals surface area contributed by atoms with Gasteiger partial charge in [-0.05, 0) is 27.7 Å². The van der Waals surface area contributed by atoms with Crippen molar-refractivity contribution in [3.63, 3.8) is 0 Å². The van der Waals surface area contributed by atoms with E-state index < -0.39 is 29.3 Å². The molecule has 0 aromatic carbocycles. The normalized spacial score (nSPS) is 29.2. The van der Waals surface area contributed by atoms with Gasteiger partial charge in [0.25, 0.3) is 0 Å². The highest BCUT2D eigenvalue weighted by molar-refractivity contribution is 5.81. The fourth-order valence-electron chi connectivity index (χ4n) is 1.80. The number of carboxylic acids is 1. The van der Waals surface area contributed by atoms with E-state index >= 15 is 0 Å². The molecule has 0 aromatic rings. The second-order valence-corrected chi connectivity index (χ2v) is 5.66. The third-order valence-electron chi connectivity index (χ3n) is 2.43. The Labute approximate surface area is 100 Å². The van der Waals surface area contributed by atoms with Gasteiger partial charge in [0.2, 0.25) is 0 Å². The average Bonchev–Trinajstić information content (AvgIpc) is 2.38. The molecule has 98 valence electrons. The average molecular weight is 245 g/mol. The monoisotopic (exact) mass is 245 g/mol. The van der Waals surface area contributed by atoms with E-state index in [1.54, 1.807) is 20.8 Å². The maximum absolute atomic E-state index is 11.8. The lowest BCUT2D eigenvalue weighted by atomic mass is 10.0. The molecule has 0 saturated carbocycles. The molecule has 0 radical (unpaired) electrons. The van der Waals surface area contributed by atoms with Crippen LogP contribution in [0.5, 0.6) is 0 Å². The Hall–Kier alpha value is -1.30. The Morgan fingerprint density at radius 2 is 1.94 bits per heavy atom. The van der Waals surface area contributed by atoms with Crippen LogP contribution in [0.25, 0.3) is 0 Å². The van der Waals surface area contributed by atoms with Crippen molar-refractivity contribution in [3.05, 3.63) is 0 Å². The van der Waals surface area contributed by atoms with Crippen LogP contribution in [0.1, 0.15) is 34.1 Å². The van der Waals surface area contributed by atoms with Gasteiger partial charge >= 0.3 is 12.1 Å². The molecule has 2 atom stereocenters. The summed E-state index contributed by atoms with van der Waals surface area (Å²) < 4.78 is 5.11. The number of rotatable bonds is 1. The molecule has 17 heavy (non-hydrogen) atoms. The van der Waals surface area contributed by atoms with Crippen LogP contribution in [0.15, 0.2) is 0 Å². The molecule has 1 fully saturated rings. The van der Waals surface area contributed by atoms with Crippen LogP contribution >= 0.6 is 0 Å². The van der Waals surface area contributed by atoms with Gasteiger partial charge in [-0.1, -0.05) is 0 Å². The highest BCUT2D eigenvalue weighted by Gasteiger charge is 2.46. The summed E-state index contributed by atoms with van der Waals surface area (Å²) in [7, 11) is 0. The first-order chi connectivity index (χ1) is 7.52. The van der Waals surface area contributed by atoms with E-state index in [0.717, 1.165) is 4.90 Å². The molecule has 0 aliphatic carbocycles. The largest absolute Gasteiger partial charge is 0.480 e. The summed E-state index contributed by atoms with van der Waals surface area (Å²) >= 11 is 0. The second kappa shape index (κ2) is 4.18. The van der Waals surface area contributed by atoms with Crippen molar-refractivity contribution < 1.29 is 24.5 Å². The minimum absolute atomic E-state index is 0.0155. The number of ether oxygens (including phenoxy) is 1. The Balaban J connectivity index is 2.81. The van der Waals surface area contributed by atoms with E-state index in [1.807, 2.05) is 0 Å². The van der Waals surface area contributed by atoms with Crippen molar-refractivity contribution in [2.24, 2.45) is 0 Å². The SMILES string of the molecule is CC1(O)C[C@@H](C(=O)O)N(C(=O)OC(C)(C)C)C1. The Morgan fingerprint density at radius 3 is 2.35 bits per heavy atom. The molecule has 6 nitrogen and oxygen atoms in total. The summed E-state index contributed by atoms with van der Waals surface area (Å²) in [5.41, 5.74) is -1.87. The number of carboxylic acid groups (broad SMARTS) is 1. The Kier molecular flexibility index (Phi) is 3.38. The summed E-state index contributed by atoms with van der Waals surface area (Å²) in [6.07, 6.45) is -0.690. The maximum atomic E-state index is 11.8. The first-order valence-corrected chi connectivity index (χ1v) is 5.47. The number of hydrogen-bond acceptors (Lipinski definition) is 4. The van der Waals surface area contributed by atoms with E-state index in [1.165, 1.54) is 6.92 Å². The van der Waals surface area contributed by atoms with Crippen molar-refractivity contribution in [3.8, 4) is 0 Å². The standard InChI is InChI=1S/C11H19NO5/c1-10(2,3)17-9(15)12-6-11(4,16)5-7(12)8(13)14/h7,16H,5-6H2,1-4H3,(H,13,14)/t7-,11?/m0/s1. The van der Waals surface area contributed by atoms with Gasteiger partial charge in [0.05, 0.1) is 12.1 Å².